The molecule has 0 aromatic heterocycles. The molecule has 2 rings (SSSR count). The van der Waals surface area contributed by atoms with Crippen LogP contribution in [0, 0.1) is 5.92 Å². The average Bonchev–Trinajstić information content (AvgIpc) is 2.99. The van der Waals surface area contributed by atoms with E-state index in [1.807, 2.05) is 24.3 Å². The SMILES string of the molecule is CCc1ccc(OCC(=O)N/N=C2/CCC[C@@H]2CC)cc1. The van der Waals surface area contributed by atoms with E-state index in [4.69, 9.17) is 4.74 Å². The first-order valence-corrected chi connectivity index (χ1v) is 7.80. The molecule has 0 unspecified atom stereocenters. The molecular weight excluding hydrogens is 264 g/mol. The van der Waals surface area contributed by atoms with Crippen LogP contribution in [0.4, 0.5) is 0 Å². The Kier molecular flexibility index (Phi) is 5.78. The van der Waals surface area contributed by atoms with Crippen LogP contribution in [0.3, 0.4) is 0 Å². The van der Waals surface area contributed by atoms with E-state index in [0.29, 0.717) is 11.7 Å². The number of rotatable bonds is 6. The van der Waals surface area contributed by atoms with E-state index in [1.54, 1.807) is 0 Å². The summed E-state index contributed by atoms with van der Waals surface area (Å²) >= 11 is 0. The van der Waals surface area contributed by atoms with Crippen molar-refractivity contribution in [1.29, 1.82) is 0 Å². The first-order valence-electron chi connectivity index (χ1n) is 7.80. The van der Waals surface area contributed by atoms with Crippen molar-refractivity contribution in [3.05, 3.63) is 29.8 Å². The molecule has 1 N–H and O–H groups in total. The normalized spacial score (nSPS) is 19.7. The zero-order chi connectivity index (χ0) is 15.1. The van der Waals surface area contributed by atoms with E-state index in [2.05, 4.69) is 24.4 Å². The van der Waals surface area contributed by atoms with Crippen LogP contribution in [0.1, 0.15) is 45.1 Å². The lowest BCUT2D eigenvalue weighted by molar-refractivity contribution is -0.123. The highest BCUT2D eigenvalue weighted by atomic mass is 16.5. The summed E-state index contributed by atoms with van der Waals surface area (Å²) < 4.78 is 5.45. The van der Waals surface area contributed by atoms with Crippen molar-refractivity contribution in [3.63, 3.8) is 0 Å². The molecule has 4 heteroatoms. The van der Waals surface area contributed by atoms with Crippen molar-refractivity contribution in [1.82, 2.24) is 5.43 Å². The maximum atomic E-state index is 11.7. The highest BCUT2D eigenvalue weighted by Crippen LogP contribution is 2.24. The van der Waals surface area contributed by atoms with Crippen molar-refractivity contribution in [2.24, 2.45) is 11.0 Å². The second kappa shape index (κ2) is 7.81. The zero-order valence-electron chi connectivity index (χ0n) is 12.9. The molecule has 0 saturated heterocycles. The number of carbonyl (C=O) groups excluding carboxylic acids is 1. The summed E-state index contributed by atoms with van der Waals surface area (Å²) in [6.45, 7) is 4.27. The molecule has 4 nitrogen and oxygen atoms in total. The molecule has 0 bridgehead atoms. The fraction of sp³-hybridized carbons (Fsp3) is 0.529. The lowest BCUT2D eigenvalue weighted by Gasteiger charge is -2.08. The molecule has 1 aromatic rings. The topological polar surface area (TPSA) is 50.7 Å². The molecule has 0 heterocycles. The van der Waals surface area contributed by atoms with Gasteiger partial charge in [-0.05, 0) is 55.7 Å². The Morgan fingerprint density at radius 2 is 2.10 bits per heavy atom. The average molecular weight is 288 g/mol. The van der Waals surface area contributed by atoms with E-state index in [-0.39, 0.29) is 12.5 Å². The van der Waals surface area contributed by atoms with E-state index >= 15 is 0 Å². The molecule has 114 valence electrons. The van der Waals surface area contributed by atoms with Crippen LogP contribution in [0.25, 0.3) is 0 Å². The number of nitrogens with one attached hydrogen (secondary N) is 1. The first-order chi connectivity index (χ1) is 10.2. The summed E-state index contributed by atoms with van der Waals surface area (Å²) in [6.07, 6.45) is 5.45. The van der Waals surface area contributed by atoms with Crippen molar-refractivity contribution in [2.75, 3.05) is 6.61 Å². The predicted octanol–water partition coefficient (Wildman–Crippen LogP) is 3.31. The molecular formula is C17H24N2O2. The number of ether oxygens (including phenoxy) is 1. The Bertz CT molecular complexity index is 494. The summed E-state index contributed by atoms with van der Waals surface area (Å²) in [5, 5.41) is 4.25. The highest BCUT2D eigenvalue weighted by molar-refractivity contribution is 5.89. The summed E-state index contributed by atoms with van der Waals surface area (Å²) in [6, 6.07) is 7.81. The van der Waals surface area contributed by atoms with Gasteiger partial charge in [-0.1, -0.05) is 26.0 Å². The molecule has 0 radical (unpaired) electrons. The van der Waals surface area contributed by atoms with Gasteiger partial charge in [0.25, 0.3) is 5.91 Å². The van der Waals surface area contributed by atoms with Gasteiger partial charge in [-0.3, -0.25) is 4.79 Å². The van der Waals surface area contributed by atoms with Gasteiger partial charge in [0.1, 0.15) is 5.75 Å². The molecule has 1 fully saturated rings. The van der Waals surface area contributed by atoms with Crippen molar-refractivity contribution >= 4 is 11.6 Å². The third-order valence-corrected chi connectivity index (χ3v) is 3.98. The minimum atomic E-state index is -0.205. The maximum absolute atomic E-state index is 11.7. The van der Waals surface area contributed by atoms with Gasteiger partial charge in [0.2, 0.25) is 0 Å². The van der Waals surface area contributed by atoms with Gasteiger partial charge in [0.05, 0.1) is 0 Å². The van der Waals surface area contributed by atoms with Crippen LogP contribution in [0.2, 0.25) is 0 Å². The summed E-state index contributed by atoms with van der Waals surface area (Å²) in [4.78, 5) is 11.7. The fourth-order valence-electron chi connectivity index (χ4n) is 2.62. The van der Waals surface area contributed by atoms with Crippen LogP contribution in [0.15, 0.2) is 29.4 Å². The van der Waals surface area contributed by atoms with Gasteiger partial charge in [-0.25, -0.2) is 5.43 Å². The van der Waals surface area contributed by atoms with Crippen molar-refractivity contribution in [2.45, 2.75) is 46.0 Å². The molecule has 1 amide bonds. The first kappa shape index (κ1) is 15.5. The standard InChI is InChI=1S/C17H24N2O2/c1-3-13-8-10-15(11-9-13)21-12-17(20)19-18-16-7-5-6-14(16)4-2/h8-11,14H,3-7,12H2,1-2H3,(H,19,20)/b18-16-/t14-/m0/s1. The molecule has 1 atom stereocenters. The second-order valence-corrected chi connectivity index (χ2v) is 5.42. The molecule has 1 aliphatic rings. The monoisotopic (exact) mass is 288 g/mol. The molecule has 21 heavy (non-hydrogen) atoms. The number of nitrogens with zero attached hydrogens (tertiary/aromatic N) is 1. The van der Waals surface area contributed by atoms with Crippen LogP contribution in [0.5, 0.6) is 5.75 Å². The van der Waals surface area contributed by atoms with Gasteiger partial charge in [-0.15, -0.1) is 0 Å². The Hall–Kier alpha value is -1.84. The van der Waals surface area contributed by atoms with E-state index in [0.717, 1.165) is 25.0 Å². The third kappa shape index (κ3) is 4.59. The zero-order valence-corrected chi connectivity index (χ0v) is 12.9. The largest absolute Gasteiger partial charge is 0.484 e. The second-order valence-electron chi connectivity index (χ2n) is 5.42. The summed E-state index contributed by atoms with van der Waals surface area (Å²) in [5.74, 6) is 1.04. The van der Waals surface area contributed by atoms with Crippen molar-refractivity contribution in [3.8, 4) is 5.75 Å². The molecule has 1 aromatic carbocycles. The quantitative estimate of drug-likeness (QED) is 0.816. The van der Waals surface area contributed by atoms with Crippen molar-refractivity contribution < 1.29 is 9.53 Å². The van der Waals surface area contributed by atoms with Gasteiger partial charge in [0, 0.05) is 5.71 Å². The number of hydrazone groups is 1. The minimum Gasteiger partial charge on any atom is -0.484 e. The number of aryl methyl sites for hydroxylation is 1. The van der Waals surface area contributed by atoms with Crippen LogP contribution in [-0.2, 0) is 11.2 Å². The number of hydrogen-bond acceptors (Lipinski definition) is 3. The summed E-state index contributed by atoms with van der Waals surface area (Å²) in [7, 11) is 0. The van der Waals surface area contributed by atoms with E-state index in [9.17, 15) is 4.79 Å². The Labute approximate surface area is 126 Å². The molecule has 0 aliphatic heterocycles. The smallest absolute Gasteiger partial charge is 0.277 e. The molecule has 1 saturated carbocycles. The number of amides is 1. The lowest BCUT2D eigenvalue weighted by atomic mass is 10.0. The Balaban J connectivity index is 1.78. The van der Waals surface area contributed by atoms with Crippen LogP contribution in [-0.4, -0.2) is 18.2 Å². The highest BCUT2D eigenvalue weighted by Gasteiger charge is 2.20. The van der Waals surface area contributed by atoms with E-state index in [1.165, 1.54) is 18.4 Å². The summed E-state index contributed by atoms with van der Waals surface area (Å²) in [5.41, 5.74) is 4.98. The van der Waals surface area contributed by atoms with Crippen LogP contribution >= 0.6 is 0 Å². The number of benzene rings is 1. The Morgan fingerprint density at radius 3 is 2.76 bits per heavy atom. The third-order valence-electron chi connectivity index (χ3n) is 3.98. The number of carbonyl (C=O) groups is 1. The van der Waals surface area contributed by atoms with Gasteiger partial charge in [-0.2, -0.15) is 5.10 Å². The number of hydrogen-bond donors (Lipinski definition) is 1. The predicted molar refractivity (Wildman–Crippen MR) is 84.5 cm³/mol. The lowest BCUT2D eigenvalue weighted by Crippen LogP contribution is -2.26. The van der Waals surface area contributed by atoms with E-state index < -0.39 is 0 Å². The van der Waals surface area contributed by atoms with Gasteiger partial charge < -0.3 is 4.74 Å². The maximum Gasteiger partial charge on any atom is 0.277 e. The van der Waals surface area contributed by atoms with Crippen LogP contribution < -0.4 is 10.2 Å². The van der Waals surface area contributed by atoms with Gasteiger partial charge in [0.15, 0.2) is 6.61 Å². The fourth-order valence-corrected chi connectivity index (χ4v) is 2.62. The molecule has 0 spiro atoms. The Morgan fingerprint density at radius 1 is 1.33 bits per heavy atom. The van der Waals surface area contributed by atoms with Gasteiger partial charge >= 0.3 is 0 Å². The molecule has 1 aliphatic carbocycles. The minimum absolute atomic E-state index is 0.000949.